The van der Waals surface area contributed by atoms with Crippen molar-refractivity contribution >= 4 is 26.8 Å². The number of nitrogens with one attached hydrogen (secondary N) is 1. The number of carbonyl (C=O) groups excluding carboxylic acids is 1. The summed E-state index contributed by atoms with van der Waals surface area (Å²) in [5.74, 6) is -0.0947. The van der Waals surface area contributed by atoms with E-state index in [0.717, 1.165) is 36.7 Å². The van der Waals surface area contributed by atoms with Crippen LogP contribution in [-0.2, 0) is 27.8 Å². The van der Waals surface area contributed by atoms with Gasteiger partial charge in [0.25, 0.3) is 0 Å². The van der Waals surface area contributed by atoms with Crippen molar-refractivity contribution in [2.24, 2.45) is 5.92 Å². The Kier molecular flexibility index (Phi) is 6.01. The molecule has 3 aromatic rings. The van der Waals surface area contributed by atoms with Crippen LogP contribution in [0.4, 0.5) is 0 Å². The summed E-state index contributed by atoms with van der Waals surface area (Å²) in [6, 6.07) is 15.7. The van der Waals surface area contributed by atoms with E-state index in [4.69, 9.17) is 0 Å². The summed E-state index contributed by atoms with van der Waals surface area (Å²) in [5.41, 5.74) is 3.58. The molecule has 1 aromatic heterocycles. The molecule has 0 spiro atoms. The molecule has 1 atom stereocenters. The summed E-state index contributed by atoms with van der Waals surface area (Å²) >= 11 is 0. The van der Waals surface area contributed by atoms with E-state index < -0.39 is 10.0 Å². The monoisotopic (exact) mass is 465 g/mol. The fraction of sp³-hybridized carbons (Fsp3) is 0.423. The Labute approximate surface area is 195 Å². The molecule has 5 rings (SSSR count). The summed E-state index contributed by atoms with van der Waals surface area (Å²) < 4.78 is 30.1. The van der Waals surface area contributed by atoms with E-state index in [2.05, 4.69) is 35.0 Å². The van der Waals surface area contributed by atoms with E-state index >= 15 is 0 Å². The number of piperidine rings is 1. The maximum Gasteiger partial charge on any atom is 0.243 e. The van der Waals surface area contributed by atoms with Crippen molar-refractivity contribution in [1.29, 1.82) is 0 Å². The normalized spacial score (nSPS) is 20.0. The number of fused-ring (bicyclic) bond motifs is 2. The van der Waals surface area contributed by atoms with Crippen LogP contribution in [0.2, 0.25) is 0 Å². The molecule has 2 heterocycles. The standard InChI is InChI=1S/C26H31N3O3S/c1-2-28-15-12-21-18-22(10-11-25(21)28)33(31,32)29-16-13-20(14-17-29)26(30)27-24-9-5-7-19-6-3-4-8-23(19)24/h3-4,6,8,10-12,15,18,20,24H,2,5,7,9,13-14,16-17H2,1H3,(H,27,30)/t24-/m0/s1. The minimum absolute atomic E-state index is 0.0519. The molecule has 1 saturated heterocycles. The highest BCUT2D eigenvalue weighted by Crippen LogP contribution is 2.31. The van der Waals surface area contributed by atoms with E-state index in [1.165, 1.54) is 15.4 Å². The molecule has 1 fully saturated rings. The first-order chi connectivity index (χ1) is 16.0. The van der Waals surface area contributed by atoms with Crippen molar-refractivity contribution < 1.29 is 13.2 Å². The minimum atomic E-state index is -3.57. The van der Waals surface area contributed by atoms with Crippen molar-refractivity contribution in [3.63, 3.8) is 0 Å². The fourth-order valence-electron chi connectivity index (χ4n) is 5.32. The van der Waals surface area contributed by atoms with Gasteiger partial charge in [0.1, 0.15) is 0 Å². The Morgan fingerprint density at radius 3 is 2.64 bits per heavy atom. The van der Waals surface area contributed by atoms with E-state index in [1.807, 2.05) is 24.4 Å². The number of rotatable bonds is 5. The lowest BCUT2D eigenvalue weighted by atomic mass is 9.87. The molecule has 1 aliphatic heterocycles. The molecule has 174 valence electrons. The zero-order chi connectivity index (χ0) is 23.0. The van der Waals surface area contributed by atoms with Crippen molar-refractivity contribution in [2.45, 2.75) is 56.5 Å². The highest BCUT2D eigenvalue weighted by Gasteiger charge is 2.33. The number of aromatic nitrogens is 1. The van der Waals surface area contributed by atoms with Crippen LogP contribution >= 0.6 is 0 Å². The van der Waals surface area contributed by atoms with E-state index in [1.54, 1.807) is 12.1 Å². The lowest BCUT2D eigenvalue weighted by Gasteiger charge is -2.32. The van der Waals surface area contributed by atoms with Gasteiger partial charge in [0.15, 0.2) is 0 Å². The van der Waals surface area contributed by atoms with Gasteiger partial charge in [-0.3, -0.25) is 4.79 Å². The Hall–Kier alpha value is -2.64. The van der Waals surface area contributed by atoms with Gasteiger partial charge in [-0.05, 0) is 74.4 Å². The summed E-state index contributed by atoms with van der Waals surface area (Å²) in [6.45, 7) is 3.65. The summed E-state index contributed by atoms with van der Waals surface area (Å²) in [7, 11) is -3.57. The average Bonchev–Trinajstić information content (AvgIpc) is 3.27. The molecular weight excluding hydrogens is 434 g/mol. The third-order valence-electron chi connectivity index (χ3n) is 7.23. The molecular formula is C26H31N3O3S. The van der Waals surface area contributed by atoms with Gasteiger partial charge in [-0.15, -0.1) is 0 Å². The second kappa shape index (κ2) is 8.95. The highest BCUT2D eigenvalue weighted by atomic mass is 32.2. The predicted molar refractivity (Wildman–Crippen MR) is 129 cm³/mol. The molecule has 1 aliphatic carbocycles. The Morgan fingerprint density at radius 1 is 1.06 bits per heavy atom. The minimum Gasteiger partial charge on any atom is -0.349 e. The zero-order valence-electron chi connectivity index (χ0n) is 19.0. The van der Waals surface area contributed by atoms with Gasteiger partial charge in [-0.1, -0.05) is 24.3 Å². The van der Waals surface area contributed by atoms with Gasteiger partial charge >= 0.3 is 0 Å². The van der Waals surface area contributed by atoms with Crippen LogP contribution in [0, 0.1) is 5.92 Å². The molecule has 33 heavy (non-hydrogen) atoms. The van der Waals surface area contributed by atoms with Gasteiger partial charge in [0.2, 0.25) is 15.9 Å². The molecule has 2 aliphatic rings. The Bertz CT molecular complexity index is 1270. The van der Waals surface area contributed by atoms with Gasteiger partial charge in [-0.2, -0.15) is 4.31 Å². The lowest BCUT2D eigenvalue weighted by molar-refractivity contribution is -0.127. The number of aryl methyl sites for hydroxylation is 2. The predicted octanol–water partition coefficient (Wildman–Crippen LogP) is 4.26. The van der Waals surface area contributed by atoms with Crippen molar-refractivity contribution in [3.8, 4) is 0 Å². The number of nitrogens with zero attached hydrogens (tertiary/aromatic N) is 2. The van der Waals surface area contributed by atoms with Crippen molar-refractivity contribution in [3.05, 3.63) is 65.9 Å². The number of amides is 1. The SMILES string of the molecule is CCn1ccc2cc(S(=O)(=O)N3CCC(C(=O)N[C@H]4CCCc5ccccc54)CC3)ccc21. The van der Waals surface area contributed by atoms with Gasteiger partial charge in [-0.25, -0.2) is 8.42 Å². The van der Waals surface area contributed by atoms with Crippen LogP contribution in [-0.4, -0.2) is 36.3 Å². The van der Waals surface area contributed by atoms with E-state index in [9.17, 15) is 13.2 Å². The first kappa shape index (κ1) is 22.2. The lowest BCUT2D eigenvalue weighted by Crippen LogP contribution is -2.44. The summed E-state index contributed by atoms with van der Waals surface area (Å²) in [6.07, 6.45) is 6.17. The summed E-state index contributed by atoms with van der Waals surface area (Å²) in [5, 5.41) is 4.18. The maximum atomic E-state index is 13.3. The second-order valence-electron chi connectivity index (χ2n) is 9.15. The molecule has 0 radical (unpaired) electrons. The topological polar surface area (TPSA) is 71.4 Å². The third kappa shape index (κ3) is 4.20. The molecule has 1 N–H and O–H groups in total. The number of hydrogen-bond donors (Lipinski definition) is 1. The molecule has 7 heteroatoms. The molecule has 0 bridgehead atoms. The Morgan fingerprint density at radius 2 is 1.85 bits per heavy atom. The third-order valence-corrected chi connectivity index (χ3v) is 9.13. The van der Waals surface area contributed by atoms with Crippen LogP contribution in [0.3, 0.4) is 0 Å². The van der Waals surface area contributed by atoms with Crippen molar-refractivity contribution in [2.75, 3.05) is 13.1 Å². The fourth-order valence-corrected chi connectivity index (χ4v) is 6.82. The maximum absolute atomic E-state index is 13.3. The van der Waals surface area contributed by atoms with Crippen LogP contribution in [0.25, 0.3) is 10.9 Å². The zero-order valence-corrected chi connectivity index (χ0v) is 19.9. The second-order valence-corrected chi connectivity index (χ2v) is 11.1. The quantitative estimate of drug-likeness (QED) is 0.612. The van der Waals surface area contributed by atoms with E-state index in [0.29, 0.717) is 30.8 Å². The molecule has 0 saturated carbocycles. The molecule has 0 unspecified atom stereocenters. The molecule has 1 amide bonds. The van der Waals surface area contributed by atoms with Crippen molar-refractivity contribution in [1.82, 2.24) is 14.2 Å². The average molecular weight is 466 g/mol. The van der Waals surface area contributed by atoms with Crippen LogP contribution in [0.5, 0.6) is 0 Å². The number of sulfonamides is 1. The highest BCUT2D eigenvalue weighted by molar-refractivity contribution is 7.89. The van der Waals surface area contributed by atoms with E-state index in [-0.39, 0.29) is 17.9 Å². The Balaban J connectivity index is 1.24. The van der Waals surface area contributed by atoms with Gasteiger partial charge in [0.05, 0.1) is 10.9 Å². The smallest absolute Gasteiger partial charge is 0.243 e. The van der Waals surface area contributed by atoms with Crippen LogP contribution < -0.4 is 5.32 Å². The molecule has 6 nitrogen and oxygen atoms in total. The molecule has 2 aromatic carbocycles. The van der Waals surface area contributed by atoms with Gasteiger partial charge in [0, 0.05) is 42.7 Å². The largest absolute Gasteiger partial charge is 0.349 e. The summed E-state index contributed by atoms with van der Waals surface area (Å²) in [4.78, 5) is 13.3. The first-order valence-electron chi connectivity index (χ1n) is 11.9. The van der Waals surface area contributed by atoms with Crippen LogP contribution in [0.1, 0.15) is 49.8 Å². The first-order valence-corrected chi connectivity index (χ1v) is 13.4. The number of benzene rings is 2. The van der Waals surface area contributed by atoms with Crippen LogP contribution in [0.15, 0.2) is 59.6 Å². The van der Waals surface area contributed by atoms with Gasteiger partial charge < -0.3 is 9.88 Å². The number of carbonyl (C=O) groups is 1. The number of hydrogen-bond acceptors (Lipinski definition) is 3.